The molecule has 0 spiro atoms. The van der Waals surface area contributed by atoms with Gasteiger partial charge in [-0.1, -0.05) is 52.3 Å². The molecule has 2 aromatic rings. The summed E-state index contributed by atoms with van der Waals surface area (Å²) in [6.45, 7) is 1.38. The minimum atomic E-state index is -0.136. The second kappa shape index (κ2) is 7.62. The zero-order valence-corrected chi connectivity index (χ0v) is 14.9. The lowest BCUT2D eigenvalue weighted by Crippen LogP contribution is -2.42. The molecule has 2 aromatic carbocycles. The monoisotopic (exact) mass is 386 g/mol. The highest BCUT2D eigenvalue weighted by Gasteiger charge is 2.20. The number of nitrogens with one attached hydrogen (secondary N) is 1. The summed E-state index contributed by atoms with van der Waals surface area (Å²) in [5.41, 5.74) is 3.43. The molecule has 0 unspecified atom stereocenters. The summed E-state index contributed by atoms with van der Waals surface area (Å²) >= 11 is 3.37. The van der Waals surface area contributed by atoms with Crippen LogP contribution in [0.2, 0.25) is 0 Å². The molecule has 0 fully saturated rings. The van der Waals surface area contributed by atoms with Crippen molar-refractivity contribution in [3.63, 3.8) is 0 Å². The first-order valence-electron chi connectivity index (χ1n) is 7.97. The molecule has 0 aliphatic carbocycles. The maximum atomic E-state index is 12.3. The van der Waals surface area contributed by atoms with Crippen LogP contribution in [0.3, 0.4) is 0 Å². The summed E-state index contributed by atoms with van der Waals surface area (Å²) in [4.78, 5) is 26.1. The molecule has 2 amide bonds. The van der Waals surface area contributed by atoms with E-state index in [-0.39, 0.29) is 24.8 Å². The first-order valence-corrected chi connectivity index (χ1v) is 8.77. The fourth-order valence-electron chi connectivity index (χ4n) is 2.84. The molecule has 1 N–H and O–H groups in total. The highest BCUT2D eigenvalue weighted by molar-refractivity contribution is 9.10. The molecule has 0 bridgehead atoms. The molecule has 0 aromatic heterocycles. The highest BCUT2D eigenvalue weighted by atomic mass is 79.9. The summed E-state index contributed by atoms with van der Waals surface area (Å²) in [5.74, 6) is -0.170. The minimum Gasteiger partial charge on any atom is -0.347 e. The third-order valence-corrected chi connectivity index (χ3v) is 4.73. The van der Waals surface area contributed by atoms with Crippen LogP contribution in [0.1, 0.15) is 16.7 Å². The lowest BCUT2D eigenvalue weighted by Gasteiger charge is -2.29. The fourth-order valence-corrected chi connectivity index (χ4v) is 3.11. The van der Waals surface area contributed by atoms with E-state index in [9.17, 15) is 9.59 Å². The van der Waals surface area contributed by atoms with Gasteiger partial charge in [0.15, 0.2) is 0 Å². The second-order valence-electron chi connectivity index (χ2n) is 5.91. The van der Waals surface area contributed by atoms with Crippen molar-refractivity contribution in [1.82, 2.24) is 10.2 Å². The molecule has 1 heterocycles. The SMILES string of the molecule is O=C(Cc1ccc(Br)cc1)NCC(=O)N1CCc2ccccc2C1. The van der Waals surface area contributed by atoms with Gasteiger partial charge in [0.05, 0.1) is 13.0 Å². The largest absolute Gasteiger partial charge is 0.347 e. The van der Waals surface area contributed by atoms with Gasteiger partial charge in [0, 0.05) is 17.6 Å². The van der Waals surface area contributed by atoms with Gasteiger partial charge >= 0.3 is 0 Å². The average Bonchev–Trinajstić information content (AvgIpc) is 2.61. The topological polar surface area (TPSA) is 49.4 Å². The van der Waals surface area contributed by atoms with Gasteiger partial charge in [-0.15, -0.1) is 0 Å². The van der Waals surface area contributed by atoms with Gasteiger partial charge in [0.1, 0.15) is 0 Å². The van der Waals surface area contributed by atoms with E-state index in [4.69, 9.17) is 0 Å². The van der Waals surface area contributed by atoms with Crippen molar-refractivity contribution >= 4 is 27.7 Å². The van der Waals surface area contributed by atoms with E-state index in [0.29, 0.717) is 13.1 Å². The van der Waals surface area contributed by atoms with Gasteiger partial charge in [0.2, 0.25) is 11.8 Å². The molecule has 0 saturated carbocycles. The minimum absolute atomic E-state index is 0.0336. The van der Waals surface area contributed by atoms with Crippen LogP contribution in [0.4, 0.5) is 0 Å². The normalized spacial score (nSPS) is 13.3. The number of carbonyl (C=O) groups excluding carboxylic acids is 2. The van der Waals surface area contributed by atoms with Gasteiger partial charge in [-0.2, -0.15) is 0 Å². The Labute approximate surface area is 150 Å². The first kappa shape index (κ1) is 16.7. The van der Waals surface area contributed by atoms with Gasteiger partial charge in [-0.05, 0) is 35.2 Å². The van der Waals surface area contributed by atoms with E-state index in [1.54, 1.807) is 0 Å². The van der Waals surface area contributed by atoms with Crippen molar-refractivity contribution in [2.75, 3.05) is 13.1 Å². The number of hydrogen-bond donors (Lipinski definition) is 1. The highest BCUT2D eigenvalue weighted by Crippen LogP contribution is 2.18. The van der Waals surface area contributed by atoms with E-state index < -0.39 is 0 Å². The predicted molar refractivity (Wildman–Crippen MR) is 96.4 cm³/mol. The molecule has 0 saturated heterocycles. The van der Waals surface area contributed by atoms with Crippen LogP contribution >= 0.6 is 15.9 Å². The van der Waals surface area contributed by atoms with E-state index in [0.717, 1.165) is 16.5 Å². The smallest absolute Gasteiger partial charge is 0.242 e. The summed E-state index contributed by atoms with van der Waals surface area (Å²) < 4.78 is 0.979. The quantitative estimate of drug-likeness (QED) is 0.877. The third-order valence-electron chi connectivity index (χ3n) is 4.20. The Morgan fingerprint density at radius 3 is 2.50 bits per heavy atom. The van der Waals surface area contributed by atoms with E-state index in [2.05, 4.69) is 33.4 Å². The Kier molecular flexibility index (Phi) is 5.30. The Morgan fingerprint density at radius 1 is 1.04 bits per heavy atom. The Morgan fingerprint density at radius 2 is 1.75 bits per heavy atom. The van der Waals surface area contributed by atoms with Crippen molar-refractivity contribution in [3.8, 4) is 0 Å². The van der Waals surface area contributed by atoms with Gasteiger partial charge < -0.3 is 10.2 Å². The Bertz CT molecular complexity index is 743. The number of amides is 2. The van der Waals surface area contributed by atoms with E-state index >= 15 is 0 Å². The molecule has 0 radical (unpaired) electrons. The molecule has 3 rings (SSSR count). The Hall–Kier alpha value is -2.14. The molecule has 124 valence electrons. The lowest BCUT2D eigenvalue weighted by molar-refractivity contribution is -0.133. The maximum absolute atomic E-state index is 12.3. The van der Waals surface area contributed by atoms with Crippen molar-refractivity contribution in [2.24, 2.45) is 0 Å². The Balaban J connectivity index is 1.49. The van der Waals surface area contributed by atoms with Crippen molar-refractivity contribution < 1.29 is 9.59 Å². The summed E-state index contributed by atoms with van der Waals surface area (Å²) in [6.07, 6.45) is 1.15. The molecular weight excluding hydrogens is 368 g/mol. The van der Waals surface area contributed by atoms with Crippen LogP contribution in [0.5, 0.6) is 0 Å². The number of carbonyl (C=O) groups is 2. The fraction of sp³-hybridized carbons (Fsp3) is 0.263. The average molecular weight is 387 g/mol. The van der Waals surface area contributed by atoms with E-state index in [1.807, 2.05) is 41.3 Å². The second-order valence-corrected chi connectivity index (χ2v) is 6.83. The van der Waals surface area contributed by atoms with Gasteiger partial charge in [-0.3, -0.25) is 9.59 Å². The number of rotatable bonds is 4. The summed E-state index contributed by atoms with van der Waals surface area (Å²) in [5, 5.41) is 2.72. The number of benzene rings is 2. The van der Waals surface area contributed by atoms with Gasteiger partial charge in [0.25, 0.3) is 0 Å². The van der Waals surface area contributed by atoms with Crippen molar-refractivity contribution in [3.05, 3.63) is 69.7 Å². The molecule has 5 heteroatoms. The molecule has 1 aliphatic rings. The molecule has 4 nitrogen and oxygen atoms in total. The standard InChI is InChI=1S/C19H19BrN2O2/c20-17-7-5-14(6-8-17)11-18(23)21-12-19(24)22-10-9-15-3-1-2-4-16(15)13-22/h1-8H,9-13H2,(H,21,23). The van der Waals surface area contributed by atoms with Crippen molar-refractivity contribution in [1.29, 1.82) is 0 Å². The van der Waals surface area contributed by atoms with Crippen LogP contribution in [-0.2, 0) is 29.0 Å². The van der Waals surface area contributed by atoms with Gasteiger partial charge in [-0.25, -0.2) is 0 Å². The maximum Gasteiger partial charge on any atom is 0.242 e. The number of hydrogen-bond acceptors (Lipinski definition) is 2. The predicted octanol–water partition coefficient (Wildman–Crippen LogP) is 2.69. The summed E-state index contributed by atoms with van der Waals surface area (Å²) in [7, 11) is 0. The lowest BCUT2D eigenvalue weighted by atomic mass is 10.00. The van der Waals surface area contributed by atoms with E-state index in [1.165, 1.54) is 11.1 Å². The summed E-state index contributed by atoms with van der Waals surface area (Å²) in [6, 6.07) is 15.8. The molecule has 24 heavy (non-hydrogen) atoms. The third kappa shape index (κ3) is 4.23. The molecule has 0 atom stereocenters. The number of nitrogens with zero attached hydrogens (tertiary/aromatic N) is 1. The van der Waals surface area contributed by atoms with Crippen LogP contribution in [0.15, 0.2) is 53.0 Å². The van der Waals surface area contributed by atoms with Crippen LogP contribution in [0.25, 0.3) is 0 Å². The number of fused-ring (bicyclic) bond motifs is 1. The zero-order chi connectivity index (χ0) is 16.9. The van der Waals surface area contributed by atoms with Crippen LogP contribution in [-0.4, -0.2) is 29.8 Å². The zero-order valence-electron chi connectivity index (χ0n) is 13.3. The van der Waals surface area contributed by atoms with Crippen LogP contribution in [0, 0.1) is 0 Å². The van der Waals surface area contributed by atoms with Crippen LogP contribution < -0.4 is 5.32 Å². The molecule has 1 aliphatic heterocycles. The number of halogens is 1. The van der Waals surface area contributed by atoms with Crippen molar-refractivity contribution in [2.45, 2.75) is 19.4 Å². The first-order chi connectivity index (χ1) is 11.6. The molecular formula is C19H19BrN2O2.